The van der Waals surface area contributed by atoms with Crippen LogP contribution in [-0.2, 0) is 5.54 Å². The smallest absolute Gasteiger partial charge is 0.252 e. The summed E-state index contributed by atoms with van der Waals surface area (Å²) in [5.41, 5.74) is 1.39. The fourth-order valence-electron chi connectivity index (χ4n) is 1.93. The number of rotatable bonds is 3. The van der Waals surface area contributed by atoms with Gasteiger partial charge in [-0.3, -0.25) is 4.98 Å². The van der Waals surface area contributed by atoms with E-state index in [2.05, 4.69) is 20.1 Å². The highest BCUT2D eigenvalue weighted by Gasteiger charge is 2.29. The summed E-state index contributed by atoms with van der Waals surface area (Å²) in [5.74, 6) is 1.11. The van der Waals surface area contributed by atoms with Crippen LogP contribution in [0.25, 0.3) is 11.4 Å². The second-order valence-corrected chi connectivity index (χ2v) is 5.14. The van der Waals surface area contributed by atoms with Gasteiger partial charge in [0.2, 0.25) is 5.82 Å². The van der Waals surface area contributed by atoms with Gasteiger partial charge in [-0.1, -0.05) is 5.16 Å². The molecule has 0 aliphatic rings. The second-order valence-electron chi connectivity index (χ2n) is 5.14. The Hall–Kier alpha value is -2.50. The van der Waals surface area contributed by atoms with Crippen LogP contribution in [0.3, 0.4) is 0 Å². The van der Waals surface area contributed by atoms with Gasteiger partial charge in [0.25, 0.3) is 5.89 Å². The zero-order chi connectivity index (χ0) is 14.2. The first-order valence-electron chi connectivity index (χ1n) is 6.33. The molecule has 0 spiro atoms. The lowest BCUT2D eigenvalue weighted by Gasteiger charge is -2.21. The Morgan fingerprint density at radius 1 is 1.20 bits per heavy atom. The van der Waals surface area contributed by atoms with Crippen LogP contribution in [0.4, 0.5) is 0 Å². The molecule has 3 rings (SSSR count). The van der Waals surface area contributed by atoms with Gasteiger partial charge in [-0.05, 0) is 32.9 Å². The molecule has 0 aliphatic heterocycles. The summed E-state index contributed by atoms with van der Waals surface area (Å²) in [5, 5.41) is 4.04. The number of hydrogen-bond donors (Lipinski definition) is 0. The molecule has 0 saturated carbocycles. The molecule has 0 fully saturated rings. The molecule has 0 unspecified atom stereocenters. The zero-order valence-corrected chi connectivity index (χ0v) is 11.6. The first-order valence-corrected chi connectivity index (χ1v) is 6.33. The van der Waals surface area contributed by atoms with Crippen LogP contribution in [0, 0.1) is 6.92 Å². The Morgan fingerprint density at radius 3 is 2.60 bits per heavy atom. The molecule has 3 heterocycles. The molecule has 102 valence electrons. The molecule has 6 nitrogen and oxygen atoms in total. The lowest BCUT2D eigenvalue weighted by Crippen LogP contribution is -2.26. The lowest BCUT2D eigenvalue weighted by atomic mass is 10.1. The van der Waals surface area contributed by atoms with Gasteiger partial charge >= 0.3 is 0 Å². The first-order chi connectivity index (χ1) is 9.57. The predicted octanol–water partition coefficient (Wildman–Crippen LogP) is 2.42. The molecule has 3 aromatic rings. The fraction of sp³-hybridized carbons (Fsp3) is 0.286. The average molecular weight is 269 g/mol. The van der Waals surface area contributed by atoms with Gasteiger partial charge in [-0.2, -0.15) is 4.98 Å². The number of imidazole rings is 1. The van der Waals surface area contributed by atoms with Crippen LogP contribution >= 0.6 is 0 Å². The van der Waals surface area contributed by atoms with Crippen LogP contribution in [0.2, 0.25) is 0 Å². The van der Waals surface area contributed by atoms with Crippen molar-refractivity contribution in [1.29, 1.82) is 0 Å². The van der Waals surface area contributed by atoms with Crippen LogP contribution in [0.1, 0.15) is 25.4 Å². The van der Waals surface area contributed by atoms with Gasteiger partial charge in [0.1, 0.15) is 5.54 Å². The largest absolute Gasteiger partial charge is 0.336 e. The highest BCUT2D eigenvalue weighted by atomic mass is 16.5. The minimum atomic E-state index is -0.445. The summed E-state index contributed by atoms with van der Waals surface area (Å²) < 4.78 is 7.38. The number of hydrogen-bond acceptors (Lipinski definition) is 5. The molecule has 0 bridgehead atoms. The molecule has 0 N–H and O–H groups in total. The minimum absolute atomic E-state index is 0.445. The number of pyridine rings is 1. The molecular formula is C14H15N5O. The molecular weight excluding hydrogens is 254 g/mol. The molecule has 0 aliphatic carbocycles. The Labute approximate surface area is 116 Å². The topological polar surface area (TPSA) is 69.6 Å². The van der Waals surface area contributed by atoms with Crippen molar-refractivity contribution in [3.8, 4) is 11.4 Å². The van der Waals surface area contributed by atoms with E-state index in [1.165, 1.54) is 0 Å². The van der Waals surface area contributed by atoms with E-state index in [1.807, 2.05) is 43.7 Å². The molecule has 20 heavy (non-hydrogen) atoms. The number of nitrogens with zero attached hydrogens (tertiary/aromatic N) is 5. The SMILES string of the molecule is Cc1cn(C(C)(C)c2nc(-c3ccncc3)no2)cn1. The third kappa shape index (κ3) is 2.09. The third-order valence-corrected chi connectivity index (χ3v) is 3.25. The Morgan fingerprint density at radius 2 is 1.95 bits per heavy atom. The molecule has 0 saturated heterocycles. The standard InChI is InChI=1S/C14H15N5O/c1-10-8-19(9-16-10)14(2,3)13-17-12(18-20-13)11-4-6-15-7-5-11/h4-9H,1-3H3. The van der Waals surface area contributed by atoms with Crippen molar-refractivity contribution in [3.63, 3.8) is 0 Å². The number of aromatic nitrogens is 5. The highest BCUT2D eigenvalue weighted by molar-refractivity contribution is 5.52. The Balaban J connectivity index is 1.97. The molecule has 0 atom stereocenters. The third-order valence-electron chi connectivity index (χ3n) is 3.25. The zero-order valence-electron chi connectivity index (χ0n) is 11.6. The van der Waals surface area contributed by atoms with Crippen molar-refractivity contribution in [2.24, 2.45) is 0 Å². The summed E-state index contributed by atoms with van der Waals surface area (Å²) >= 11 is 0. The van der Waals surface area contributed by atoms with Crippen molar-refractivity contribution < 1.29 is 4.52 Å². The van der Waals surface area contributed by atoms with Gasteiger partial charge in [-0.25, -0.2) is 4.98 Å². The maximum absolute atomic E-state index is 5.42. The van der Waals surface area contributed by atoms with Crippen molar-refractivity contribution in [2.75, 3.05) is 0 Å². The Kier molecular flexibility index (Phi) is 2.85. The lowest BCUT2D eigenvalue weighted by molar-refractivity contribution is 0.277. The summed E-state index contributed by atoms with van der Waals surface area (Å²) in [6.07, 6.45) is 7.13. The minimum Gasteiger partial charge on any atom is -0.336 e. The van der Waals surface area contributed by atoms with Crippen LogP contribution in [0.15, 0.2) is 41.6 Å². The molecule has 0 aromatic carbocycles. The Bertz CT molecular complexity index is 714. The van der Waals surface area contributed by atoms with E-state index in [-0.39, 0.29) is 0 Å². The van der Waals surface area contributed by atoms with E-state index >= 15 is 0 Å². The normalized spacial score (nSPS) is 11.8. The summed E-state index contributed by atoms with van der Waals surface area (Å²) in [7, 11) is 0. The summed E-state index contributed by atoms with van der Waals surface area (Å²) in [6.45, 7) is 5.97. The monoisotopic (exact) mass is 269 g/mol. The maximum Gasteiger partial charge on any atom is 0.252 e. The van der Waals surface area contributed by atoms with E-state index in [1.54, 1.807) is 18.7 Å². The van der Waals surface area contributed by atoms with Gasteiger partial charge in [0.05, 0.1) is 12.0 Å². The van der Waals surface area contributed by atoms with E-state index in [0.29, 0.717) is 11.7 Å². The predicted molar refractivity (Wildman–Crippen MR) is 72.9 cm³/mol. The molecule has 6 heteroatoms. The fourth-order valence-corrected chi connectivity index (χ4v) is 1.93. The first kappa shape index (κ1) is 12.5. The van der Waals surface area contributed by atoms with Gasteiger partial charge < -0.3 is 9.09 Å². The van der Waals surface area contributed by atoms with Crippen molar-refractivity contribution in [2.45, 2.75) is 26.3 Å². The van der Waals surface area contributed by atoms with E-state index in [4.69, 9.17) is 4.52 Å². The van der Waals surface area contributed by atoms with Crippen LogP contribution in [-0.4, -0.2) is 24.7 Å². The van der Waals surface area contributed by atoms with Crippen molar-refractivity contribution in [3.05, 3.63) is 48.6 Å². The quantitative estimate of drug-likeness (QED) is 0.730. The van der Waals surface area contributed by atoms with Crippen LogP contribution in [0.5, 0.6) is 0 Å². The van der Waals surface area contributed by atoms with Gasteiger partial charge in [0, 0.05) is 24.2 Å². The van der Waals surface area contributed by atoms with Gasteiger partial charge in [-0.15, -0.1) is 0 Å². The summed E-state index contributed by atoms with van der Waals surface area (Å²) in [6, 6.07) is 3.70. The highest BCUT2D eigenvalue weighted by Crippen LogP contribution is 2.26. The van der Waals surface area contributed by atoms with E-state index in [0.717, 1.165) is 11.3 Å². The van der Waals surface area contributed by atoms with Crippen LogP contribution < -0.4 is 0 Å². The molecule has 3 aromatic heterocycles. The molecule has 0 amide bonds. The second kappa shape index (κ2) is 4.56. The maximum atomic E-state index is 5.42. The van der Waals surface area contributed by atoms with Gasteiger partial charge in [0.15, 0.2) is 0 Å². The molecule has 0 radical (unpaired) electrons. The van der Waals surface area contributed by atoms with E-state index < -0.39 is 5.54 Å². The van der Waals surface area contributed by atoms with Crippen molar-refractivity contribution >= 4 is 0 Å². The van der Waals surface area contributed by atoms with Crippen molar-refractivity contribution in [1.82, 2.24) is 24.7 Å². The average Bonchev–Trinajstić information content (AvgIpc) is 3.09. The summed E-state index contributed by atoms with van der Waals surface area (Å²) in [4.78, 5) is 12.7. The van der Waals surface area contributed by atoms with E-state index in [9.17, 15) is 0 Å². The number of aryl methyl sites for hydroxylation is 1.